The number of aromatic nitrogens is 1. The van der Waals surface area contributed by atoms with Gasteiger partial charge in [0, 0.05) is 12.1 Å². The Morgan fingerprint density at radius 2 is 1.94 bits per heavy atom. The molecule has 1 aromatic rings. The van der Waals surface area contributed by atoms with Crippen LogP contribution in [0.2, 0.25) is 0 Å². The van der Waals surface area contributed by atoms with E-state index in [0.717, 1.165) is 5.56 Å². The van der Waals surface area contributed by atoms with Gasteiger partial charge in [0.15, 0.2) is 18.9 Å². The molecule has 5 nitrogen and oxygen atoms in total. The first-order valence-corrected chi connectivity index (χ1v) is 5.02. The fourth-order valence-corrected chi connectivity index (χ4v) is 1.17. The van der Waals surface area contributed by atoms with Crippen molar-refractivity contribution >= 4 is 11.9 Å². The molecule has 0 saturated carbocycles. The van der Waals surface area contributed by atoms with Crippen LogP contribution in [0.5, 0.6) is 0 Å². The number of nitrogens with zero attached hydrogens (tertiary/aromatic N) is 1. The Balaban J connectivity index is 0.00000256. The van der Waals surface area contributed by atoms with E-state index in [1.807, 2.05) is 36.0 Å². The van der Waals surface area contributed by atoms with Crippen LogP contribution in [0.1, 0.15) is 12.0 Å². The summed E-state index contributed by atoms with van der Waals surface area (Å²) in [7, 11) is 0. The highest BCUT2D eigenvalue weighted by Gasteiger charge is 2.07. The van der Waals surface area contributed by atoms with Crippen molar-refractivity contribution in [2.45, 2.75) is 19.9 Å². The molecule has 0 saturated heterocycles. The van der Waals surface area contributed by atoms with Gasteiger partial charge in [0.1, 0.15) is 6.54 Å². The average Bonchev–Trinajstić information content (AvgIpc) is 2.25. The number of hydrogen-bond donors (Lipinski definition) is 2. The maximum absolute atomic E-state index is 11.2. The normalized spacial score (nSPS) is 9.24. The topological polar surface area (TPSA) is 70.3 Å². The zero-order valence-corrected chi connectivity index (χ0v) is 11.1. The first-order chi connectivity index (χ1) is 7.58. The number of aliphatic carboxylic acids is 1. The van der Waals surface area contributed by atoms with Gasteiger partial charge in [-0.05, 0) is 12.5 Å². The van der Waals surface area contributed by atoms with Crippen molar-refractivity contribution in [3.05, 3.63) is 30.1 Å². The summed E-state index contributed by atoms with van der Waals surface area (Å²) in [6, 6.07) is 3.91. The average molecular weight is 303 g/mol. The van der Waals surface area contributed by atoms with E-state index in [1.165, 1.54) is 0 Å². The third-order valence-corrected chi connectivity index (χ3v) is 2.09. The Labute approximate surface area is 110 Å². The first kappa shape index (κ1) is 15.6. The van der Waals surface area contributed by atoms with E-state index in [2.05, 4.69) is 5.32 Å². The van der Waals surface area contributed by atoms with Crippen molar-refractivity contribution in [3.8, 4) is 0 Å². The highest BCUT2D eigenvalue weighted by molar-refractivity contribution is 5.80. The van der Waals surface area contributed by atoms with Crippen LogP contribution in [0.3, 0.4) is 0 Å². The summed E-state index contributed by atoms with van der Waals surface area (Å²) in [6.07, 6.45) is 4.06. The molecule has 17 heavy (non-hydrogen) atoms. The molecular formula is C11H15BrN2O3. The summed E-state index contributed by atoms with van der Waals surface area (Å²) in [5.74, 6) is -1.29. The van der Waals surface area contributed by atoms with E-state index < -0.39 is 5.97 Å². The lowest BCUT2D eigenvalue weighted by atomic mass is 10.3. The van der Waals surface area contributed by atoms with Gasteiger partial charge in [-0.3, -0.25) is 9.59 Å². The third kappa shape index (κ3) is 6.68. The minimum Gasteiger partial charge on any atom is -1.00 e. The second-order valence-electron chi connectivity index (χ2n) is 3.53. The van der Waals surface area contributed by atoms with Crippen molar-refractivity contribution < 1.29 is 36.2 Å². The molecule has 2 N–H and O–H groups in total. The van der Waals surface area contributed by atoms with Crippen LogP contribution in [0.4, 0.5) is 0 Å². The van der Waals surface area contributed by atoms with Gasteiger partial charge in [0.25, 0.3) is 0 Å². The van der Waals surface area contributed by atoms with Crippen LogP contribution in [-0.4, -0.2) is 23.5 Å². The van der Waals surface area contributed by atoms with E-state index in [4.69, 9.17) is 5.11 Å². The lowest BCUT2D eigenvalue weighted by Gasteiger charge is -2.00. The Bertz CT molecular complexity index is 379. The molecule has 0 bridgehead atoms. The van der Waals surface area contributed by atoms with Gasteiger partial charge in [-0.25, -0.2) is 4.57 Å². The van der Waals surface area contributed by atoms with E-state index >= 15 is 0 Å². The molecule has 1 amide bonds. The number of carboxylic acid groups (broad SMARTS) is 1. The smallest absolute Gasteiger partial charge is 0.322 e. The molecule has 0 radical (unpaired) electrons. The zero-order valence-electron chi connectivity index (χ0n) is 9.52. The van der Waals surface area contributed by atoms with E-state index in [9.17, 15) is 9.59 Å². The minimum atomic E-state index is -1.03. The quantitative estimate of drug-likeness (QED) is 0.566. The number of amides is 1. The molecule has 0 aliphatic rings. The predicted octanol–water partition coefficient (Wildman–Crippen LogP) is -3.12. The fraction of sp³-hybridized carbons (Fsp3) is 0.364. The summed E-state index contributed by atoms with van der Waals surface area (Å²) < 4.78 is 1.88. The zero-order chi connectivity index (χ0) is 12.0. The van der Waals surface area contributed by atoms with Crippen molar-refractivity contribution in [3.63, 3.8) is 0 Å². The molecule has 0 aromatic carbocycles. The van der Waals surface area contributed by atoms with Crippen molar-refractivity contribution in [1.29, 1.82) is 0 Å². The first-order valence-electron chi connectivity index (χ1n) is 5.02. The van der Waals surface area contributed by atoms with Gasteiger partial charge < -0.3 is 27.4 Å². The Morgan fingerprint density at radius 1 is 1.35 bits per heavy atom. The molecule has 0 aliphatic heterocycles. The van der Waals surface area contributed by atoms with Gasteiger partial charge in [0.2, 0.25) is 5.91 Å². The number of hydrogen-bond acceptors (Lipinski definition) is 2. The van der Waals surface area contributed by atoms with Gasteiger partial charge in [-0.15, -0.1) is 0 Å². The van der Waals surface area contributed by atoms with Crippen LogP contribution < -0.4 is 26.9 Å². The monoisotopic (exact) mass is 302 g/mol. The number of aryl methyl sites for hydroxylation is 2. The second kappa shape index (κ2) is 7.78. The summed E-state index contributed by atoms with van der Waals surface area (Å²) in [5.41, 5.74) is 1.16. The molecular weight excluding hydrogens is 288 g/mol. The number of rotatable bonds is 5. The fourth-order valence-electron chi connectivity index (χ4n) is 1.17. The molecule has 0 atom stereocenters. The van der Waals surface area contributed by atoms with E-state index in [0.29, 0.717) is 6.54 Å². The highest BCUT2D eigenvalue weighted by atomic mass is 79.9. The number of carboxylic acids is 1. The van der Waals surface area contributed by atoms with Gasteiger partial charge in [-0.1, -0.05) is 0 Å². The van der Waals surface area contributed by atoms with Gasteiger partial charge in [0.05, 0.1) is 6.42 Å². The van der Waals surface area contributed by atoms with Crippen molar-refractivity contribution in [2.24, 2.45) is 0 Å². The standard InChI is InChI=1S/C11H14N2O3.BrH/c1-9-2-5-13(6-3-9)7-4-10(14)12-8-11(15)16;/h2-3,5-6H,4,7-8H2,1H3,(H-,12,14,15,16);1H. The van der Waals surface area contributed by atoms with Crippen LogP contribution >= 0.6 is 0 Å². The molecule has 0 unspecified atom stereocenters. The summed E-state index contributed by atoms with van der Waals surface area (Å²) in [6.45, 7) is 2.22. The highest BCUT2D eigenvalue weighted by Crippen LogP contribution is 1.90. The minimum absolute atomic E-state index is 0. The molecule has 1 rings (SSSR count). The summed E-state index contributed by atoms with van der Waals surface area (Å²) in [4.78, 5) is 21.4. The molecule has 0 fully saturated rings. The second-order valence-corrected chi connectivity index (χ2v) is 3.53. The van der Waals surface area contributed by atoms with Gasteiger partial charge in [-0.2, -0.15) is 0 Å². The summed E-state index contributed by atoms with van der Waals surface area (Å²) >= 11 is 0. The van der Waals surface area contributed by atoms with Crippen molar-refractivity contribution in [1.82, 2.24) is 5.32 Å². The Kier molecular flexibility index (Phi) is 7.13. The lowest BCUT2D eigenvalue weighted by Crippen LogP contribution is -3.00. The molecule has 1 heterocycles. The van der Waals surface area contributed by atoms with Crippen LogP contribution in [0.15, 0.2) is 24.5 Å². The van der Waals surface area contributed by atoms with Crippen LogP contribution in [0.25, 0.3) is 0 Å². The number of halogens is 1. The Hall–Kier alpha value is -1.43. The number of nitrogens with one attached hydrogen (secondary N) is 1. The van der Waals surface area contributed by atoms with E-state index in [1.54, 1.807) is 0 Å². The SMILES string of the molecule is Cc1cc[n+](CCC(=O)NCC(=O)O)cc1.[Br-]. The number of carbonyl (C=O) groups is 2. The number of pyridine rings is 1. The Morgan fingerprint density at radius 3 is 2.47 bits per heavy atom. The predicted molar refractivity (Wildman–Crippen MR) is 56.6 cm³/mol. The van der Waals surface area contributed by atoms with Crippen LogP contribution in [0, 0.1) is 6.92 Å². The molecule has 1 aromatic heterocycles. The molecule has 94 valence electrons. The lowest BCUT2D eigenvalue weighted by molar-refractivity contribution is -0.695. The number of carbonyl (C=O) groups excluding carboxylic acids is 1. The van der Waals surface area contributed by atoms with E-state index in [-0.39, 0.29) is 35.9 Å². The maximum Gasteiger partial charge on any atom is 0.322 e. The summed E-state index contributed by atoms with van der Waals surface area (Å²) in [5, 5.41) is 10.7. The largest absolute Gasteiger partial charge is 1.00 e. The van der Waals surface area contributed by atoms with Gasteiger partial charge >= 0.3 is 5.97 Å². The van der Waals surface area contributed by atoms with Crippen molar-refractivity contribution in [2.75, 3.05) is 6.54 Å². The molecule has 6 heteroatoms. The van der Waals surface area contributed by atoms with Crippen LogP contribution in [-0.2, 0) is 16.1 Å². The maximum atomic E-state index is 11.2. The third-order valence-electron chi connectivity index (χ3n) is 2.09. The molecule has 0 spiro atoms. The molecule has 0 aliphatic carbocycles.